The second kappa shape index (κ2) is 8.25. The highest BCUT2D eigenvalue weighted by Gasteiger charge is 2.31. The number of piperazine rings is 1. The van der Waals surface area contributed by atoms with Gasteiger partial charge < -0.3 is 14.7 Å². The molecule has 0 radical (unpaired) electrons. The average molecular weight is 379 g/mol. The summed E-state index contributed by atoms with van der Waals surface area (Å²) >= 11 is 5.89. The summed E-state index contributed by atoms with van der Waals surface area (Å²) in [6.45, 7) is 8.10. The van der Waals surface area contributed by atoms with Gasteiger partial charge in [-0.05, 0) is 25.0 Å². The number of aromatic nitrogens is 1. The van der Waals surface area contributed by atoms with Gasteiger partial charge in [-0.25, -0.2) is 4.98 Å². The van der Waals surface area contributed by atoms with E-state index in [2.05, 4.69) is 9.88 Å². The van der Waals surface area contributed by atoms with Gasteiger partial charge in [0.2, 0.25) is 11.8 Å². The third kappa shape index (κ3) is 4.29. The van der Waals surface area contributed by atoms with E-state index in [0.717, 1.165) is 31.7 Å². The number of halogens is 1. The molecule has 7 heteroatoms. The molecular formula is C19H27ClN4O2. The molecule has 0 saturated carbocycles. The summed E-state index contributed by atoms with van der Waals surface area (Å²) in [5, 5.41) is 0.633. The van der Waals surface area contributed by atoms with Crippen molar-refractivity contribution in [1.82, 2.24) is 14.8 Å². The number of carbonyl (C=O) groups is 2. The van der Waals surface area contributed by atoms with E-state index < -0.39 is 0 Å². The number of pyridine rings is 1. The van der Waals surface area contributed by atoms with Gasteiger partial charge in [0.05, 0.1) is 5.02 Å². The normalized spacial score (nSPS) is 19.2. The van der Waals surface area contributed by atoms with E-state index in [1.54, 1.807) is 6.20 Å². The fraction of sp³-hybridized carbons (Fsp3) is 0.632. The molecule has 3 rings (SSSR count). The van der Waals surface area contributed by atoms with Gasteiger partial charge in [-0.3, -0.25) is 9.59 Å². The molecule has 2 aliphatic rings. The van der Waals surface area contributed by atoms with Gasteiger partial charge in [0, 0.05) is 57.3 Å². The molecule has 0 unspecified atom stereocenters. The second-order valence-electron chi connectivity index (χ2n) is 7.40. The highest BCUT2D eigenvalue weighted by atomic mass is 35.5. The quantitative estimate of drug-likeness (QED) is 0.809. The Morgan fingerprint density at radius 1 is 1.04 bits per heavy atom. The Labute approximate surface area is 160 Å². The van der Waals surface area contributed by atoms with Crippen LogP contribution in [0.25, 0.3) is 0 Å². The molecule has 2 fully saturated rings. The molecule has 0 bridgehead atoms. The molecule has 2 aliphatic heterocycles. The summed E-state index contributed by atoms with van der Waals surface area (Å²) in [5.41, 5.74) is 0. The lowest BCUT2D eigenvalue weighted by Gasteiger charge is -2.39. The van der Waals surface area contributed by atoms with Crippen LogP contribution in [-0.2, 0) is 9.59 Å². The minimum absolute atomic E-state index is 0.0167. The second-order valence-corrected chi connectivity index (χ2v) is 7.84. The molecular weight excluding hydrogens is 352 g/mol. The van der Waals surface area contributed by atoms with Crippen LogP contribution in [0.4, 0.5) is 5.82 Å². The van der Waals surface area contributed by atoms with E-state index in [-0.39, 0.29) is 23.7 Å². The minimum atomic E-state index is 0.0167. The zero-order chi connectivity index (χ0) is 18.7. The van der Waals surface area contributed by atoms with E-state index in [4.69, 9.17) is 11.6 Å². The number of nitrogens with zero attached hydrogens (tertiary/aromatic N) is 4. The molecule has 0 atom stereocenters. The van der Waals surface area contributed by atoms with E-state index in [9.17, 15) is 9.59 Å². The Kier molecular flexibility index (Phi) is 6.01. The van der Waals surface area contributed by atoms with Crippen LogP contribution in [0.15, 0.2) is 18.3 Å². The Morgan fingerprint density at radius 2 is 1.65 bits per heavy atom. The molecule has 1 aromatic heterocycles. The lowest BCUT2D eigenvalue weighted by molar-refractivity contribution is -0.143. The zero-order valence-electron chi connectivity index (χ0n) is 15.5. The Morgan fingerprint density at radius 3 is 2.19 bits per heavy atom. The van der Waals surface area contributed by atoms with Gasteiger partial charge in [0.25, 0.3) is 0 Å². The smallest absolute Gasteiger partial charge is 0.225 e. The van der Waals surface area contributed by atoms with E-state index in [1.165, 1.54) is 0 Å². The first kappa shape index (κ1) is 19.0. The third-order valence-corrected chi connectivity index (χ3v) is 5.50. The minimum Gasteiger partial charge on any atom is -0.357 e. The lowest BCUT2D eigenvalue weighted by atomic mass is 9.95. The summed E-state index contributed by atoms with van der Waals surface area (Å²) in [4.78, 5) is 35.3. The lowest BCUT2D eigenvalue weighted by Crippen LogP contribution is -2.53. The van der Waals surface area contributed by atoms with Crippen molar-refractivity contribution in [2.75, 3.05) is 44.2 Å². The molecule has 6 nitrogen and oxygen atoms in total. The van der Waals surface area contributed by atoms with Gasteiger partial charge in [-0.2, -0.15) is 0 Å². The SMILES string of the molecule is CC(C)C(=O)N1CCN(C(=O)C2CCN(c3ccc(Cl)cn3)CC2)CC1. The van der Waals surface area contributed by atoms with E-state index in [1.807, 2.05) is 35.8 Å². The number of rotatable bonds is 3. The highest BCUT2D eigenvalue weighted by Crippen LogP contribution is 2.24. The first-order chi connectivity index (χ1) is 12.5. The van der Waals surface area contributed by atoms with Gasteiger partial charge in [-0.15, -0.1) is 0 Å². The summed E-state index contributed by atoms with van der Waals surface area (Å²) in [6.07, 6.45) is 3.34. The van der Waals surface area contributed by atoms with Crippen molar-refractivity contribution in [2.45, 2.75) is 26.7 Å². The molecule has 2 saturated heterocycles. The molecule has 0 spiro atoms. The topological polar surface area (TPSA) is 56.8 Å². The van der Waals surface area contributed by atoms with Crippen LogP contribution in [0.2, 0.25) is 5.02 Å². The van der Waals surface area contributed by atoms with Crippen LogP contribution in [0.5, 0.6) is 0 Å². The molecule has 0 N–H and O–H groups in total. The summed E-state index contributed by atoms with van der Waals surface area (Å²) < 4.78 is 0. The molecule has 2 amide bonds. The maximum absolute atomic E-state index is 12.8. The summed E-state index contributed by atoms with van der Waals surface area (Å²) in [5.74, 6) is 1.43. The Hall–Kier alpha value is -1.82. The van der Waals surface area contributed by atoms with Crippen molar-refractivity contribution in [2.24, 2.45) is 11.8 Å². The van der Waals surface area contributed by atoms with Crippen LogP contribution in [0.3, 0.4) is 0 Å². The largest absolute Gasteiger partial charge is 0.357 e. The zero-order valence-corrected chi connectivity index (χ0v) is 16.3. The number of hydrogen-bond acceptors (Lipinski definition) is 4. The van der Waals surface area contributed by atoms with Crippen LogP contribution in [0, 0.1) is 11.8 Å². The standard InChI is InChI=1S/C19H27ClN4O2/c1-14(2)18(25)23-9-11-24(12-10-23)19(26)15-5-7-22(8-6-15)17-4-3-16(20)13-21-17/h3-4,13-15H,5-12H2,1-2H3. The number of carbonyl (C=O) groups excluding carboxylic acids is 2. The van der Waals surface area contributed by atoms with Crippen molar-refractivity contribution in [1.29, 1.82) is 0 Å². The van der Waals surface area contributed by atoms with Crippen molar-refractivity contribution >= 4 is 29.2 Å². The number of hydrogen-bond donors (Lipinski definition) is 0. The van der Waals surface area contributed by atoms with Gasteiger partial charge in [-0.1, -0.05) is 25.4 Å². The summed E-state index contributed by atoms with van der Waals surface area (Å²) in [6, 6.07) is 3.77. The Balaban J connectivity index is 1.48. The fourth-order valence-electron chi connectivity index (χ4n) is 3.68. The maximum atomic E-state index is 12.8. The fourth-order valence-corrected chi connectivity index (χ4v) is 3.79. The summed E-state index contributed by atoms with van der Waals surface area (Å²) in [7, 11) is 0. The van der Waals surface area contributed by atoms with Crippen molar-refractivity contribution in [3.63, 3.8) is 0 Å². The van der Waals surface area contributed by atoms with Gasteiger partial charge in [0.15, 0.2) is 0 Å². The van der Waals surface area contributed by atoms with Crippen LogP contribution in [-0.4, -0.2) is 65.9 Å². The molecule has 0 aromatic carbocycles. The number of anilines is 1. The van der Waals surface area contributed by atoms with Crippen molar-refractivity contribution in [3.05, 3.63) is 23.4 Å². The average Bonchev–Trinajstić information content (AvgIpc) is 2.67. The first-order valence-electron chi connectivity index (χ1n) is 9.40. The molecule has 142 valence electrons. The predicted molar refractivity (Wildman–Crippen MR) is 102 cm³/mol. The first-order valence-corrected chi connectivity index (χ1v) is 9.77. The maximum Gasteiger partial charge on any atom is 0.225 e. The Bertz CT molecular complexity index is 633. The van der Waals surface area contributed by atoms with Crippen LogP contribution >= 0.6 is 11.6 Å². The monoisotopic (exact) mass is 378 g/mol. The van der Waals surface area contributed by atoms with Crippen LogP contribution < -0.4 is 4.90 Å². The molecule has 1 aromatic rings. The van der Waals surface area contributed by atoms with Gasteiger partial charge >= 0.3 is 0 Å². The van der Waals surface area contributed by atoms with Crippen molar-refractivity contribution in [3.8, 4) is 0 Å². The number of amides is 2. The molecule has 0 aliphatic carbocycles. The highest BCUT2D eigenvalue weighted by molar-refractivity contribution is 6.30. The molecule has 26 heavy (non-hydrogen) atoms. The van der Waals surface area contributed by atoms with Gasteiger partial charge in [0.1, 0.15) is 5.82 Å². The van der Waals surface area contributed by atoms with E-state index in [0.29, 0.717) is 31.2 Å². The predicted octanol–water partition coefficient (Wildman–Crippen LogP) is 2.28. The van der Waals surface area contributed by atoms with Crippen LogP contribution in [0.1, 0.15) is 26.7 Å². The van der Waals surface area contributed by atoms with E-state index >= 15 is 0 Å². The third-order valence-electron chi connectivity index (χ3n) is 5.28. The molecule has 3 heterocycles. The number of piperidine rings is 1. The van der Waals surface area contributed by atoms with Crippen molar-refractivity contribution < 1.29 is 9.59 Å².